The zero-order chi connectivity index (χ0) is 14.0. The molecule has 2 heterocycles. The van der Waals surface area contributed by atoms with E-state index >= 15 is 0 Å². The maximum atomic E-state index is 5.40. The van der Waals surface area contributed by atoms with E-state index in [1.54, 1.807) is 17.1 Å². The van der Waals surface area contributed by atoms with Crippen LogP contribution < -0.4 is 16.6 Å². The highest BCUT2D eigenvalue weighted by atomic mass is 15.4. The van der Waals surface area contributed by atoms with E-state index in [1.807, 2.05) is 6.07 Å². The Kier molecular flexibility index (Phi) is 3.23. The molecule has 2 aromatic rings. The molecule has 0 saturated heterocycles. The molecule has 0 aliphatic heterocycles. The summed E-state index contributed by atoms with van der Waals surface area (Å²) >= 11 is 0. The molecule has 0 bridgehead atoms. The third-order valence-electron chi connectivity index (χ3n) is 3.70. The van der Waals surface area contributed by atoms with Crippen molar-refractivity contribution in [1.82, 2.24) is 24.7 Å². The number of hydrogen-bond donors (Lipinski definition) is 3. The number of rotatable bonds is 5. The Hall–Kier alpha value is -2.22. The lowest BCUT2D eigenvalue weighted by atomic mass is 9.70. The molecular formula is C12H18N8. The molecule has 1 saturated carbocycles. The zero-order valence-corrected chi connectivity index (χ0v) is 11.4. The SMILES string of the molecule is CC1(CNc2nc(NN)nc(-n3cccn3)n2)CCC1. The van der Waals surface area contributed by atoms with E-state index in [2.05, 4.69) is 37.7 Å². The number of aromatic nitrogens is 5. The van der Waals surface area contributed by atoms with Crippen molar-refractivity contribution in [1.29, 1.82) is 0 Å². The Morgan fingerprint density at radius 3 is 2.70 bits per heavy atom. The summed E-state index contributed by atoms with van der Waals surface area (Å²) in [6.07, 6.45) is 7.20. The first-order valence-electron chi connectivity index (χ1n) is 6.65. The van der Waals surface area contributed by atoms with Gasteiger partial charge in [-0.25, -0.2) is 10.5 Å². The average Bonchev–Trinajstić information content (AvgIpc) is 2.97. The number of hydrogen-bond acceptors (Lipinski definition) is 7. The third kappa shape index (κ3) is 2.55. The van der Waals surface area contributed by atoms with Crippen molar-refractivity contribution in [3.05, 3.63) is 18.5 Å². The molecule has 1 fully saturated rings. The summed E-state index contributed by atoms with van der Waals surface area (Å²) in [5, 5.41) is 7.37. The van der Waals surface area contributed by atoms with Crippen LogP contribution >= 0.6 is 0 Å². The van der Waals surface area contributed by atoms with Crippen LogP contribution in [0, 0.1) is 5.41 Å². The normalized spacial score (nSPS) is 16.5. The highest BCUT2D eigenvalue weighted by molar-refractivity contribution is 5.37. The number of hydrazine groups is 1. The predicted octanol–water partition coefficient (Wildman–Crippen LogP) is 0.945. The molecule has 2 aromatic heterocycles. The van der Waals surface area contributed by atoms with Gasteiger partial charge in [0.2, 0.25) is 11.9 Å². The zero-order valence-electron chi connectivity index (χ0n) is 11.4. The fraction of sp³-hybridized carbons (Fsp3) is 0.500. The second kappa shape index (κ2) is 5.04. The molecule has 0 aromatic carbocycles. The van der Waals surface area contributed by atoms with Crippen molar-refractivity contribution in [2.45, 2.75) is 26.2 Å². The lowest BCUT2D eigenvalue weighted by molar-refractivity contribution is 0.179. The van der Waals surface area contributed by atoms with Crippen molar-refractivity contribution >= 4 is 11.9 Å². The Bertz CT molecular complexity index is 575. The number of anilines is 2. The molecule has 0 unspecified atom stereocenters. The van der Waals surface area contributed by atoms with E-state index in [9.17, 15) is 0 Å². The highest BCUT2D eigenvalue weighted by Gasteiger charge is 2.31. The Balaban J connectivity index is 1.81. The van der Waals surface area contributed by atoms with Crippen LogP contribution in [0.15, 0.2) is 18.5 Å². The van der Waals surface area contributed by atoms with Crippen LogP contribution in [0.1, 0.15) is 26.2 Å². The predicted molar refractivity (Wildman–Crippen MR) is 75.2 cm³/mol. The van der Waals surface area contributed by atoms with E-state index in [0.717, 1.165) is 6.54 Å². The van der Waals surface area contributed by atoms with Crippen LogP contribution in [0.2, 0.25) is 0 Å². The number of nitrogens with zero attached hydrogens (tertiary/aromatic N) is 5. The van der Waals surface area contributed by atoms with Gasteiger partial charge in [-0.15, -0.1) is 0 Å². The van der Waals surface area contributed by atoms with Gasteiger partial charge in [-0.1, -0.05) is 13.3 Å². The molecule has 1 aliphatic rings. The average molecular weight is 274 g/mol. The van der Waals surface area contributed by atoms with Gasteiger partial charge in [0.25, 0.3) is 5.95 Å². The van der Waals surface area contributed by atoms with E-state index in [-0.39, 0.29) is 0 Å². The highest BCUT2D eigenvalue weighted by Crippen LogP contribution is 2.39. The van der Waals surface area contributed by atoms with Gasteiger partial charge in [0, 0.05) is 18.9 Å². The van der Waals surface area contributed by atoms with E-state index in [0.29, 0.717) is 23.3 Å². The first-order valence-corrected chi connectivity index (χ1v) is 6.65. The van der Waals surface area contributed by atoms with Gasteiger partial charge in [-0.2, -0.15) is 20.1 Å². The largest absolute Gasteiger partial charge is 0.353 e. The summed E-state index contributed by atoms with van der Waals surface area (Å²) in [4.78, 5) is 12.7. The van der Waals surface area contributed by atoms with Gasteiger partial charge < -0.3 is 5.32 Å². The van der Waals surface area contributed by atoms with Crippen LogP contribution in [-0.2, 0) is 0 Å². The fourth-order valence-electron chi connectivity index (χ4n) is 2.25. The lowest BCUT2D eigenvalue weighted by Crippen LogP contribution is -2.33. The summed E-state index contributed by atoms with van der Waals surface area (Å²) in [6.45, 7) is 3.11. The first-order chi connectivity index (χ1) is 9.68. The van der Waals surface area contributed by atoms with Gasteiger partial charge in [-0.05, 0) is 24.3 Å². The molecule has 20 heavy (non-hydrogen) atoms. The molecular weight excluding hydrogens is 256 g/mol. The smallest absolute Gasteiger partial charge is 0.257 e. The Morgan fingerprint density at radius 1 is 1.30 bits per heavy atom. The van der Waals surface area contributed by atoms with Gasteiger partial charge in [0.15, 0.2) is 0 Å². The fourth-order valence-corrected chi connectivity index (χ4v) is 2.25. The minimum Gasteiger partial charge on any atom is -0.353 e. The molecule has 0 amide bonds. The van der Waals surface area contributed by atoms with Crippen LogP contribution in [0.4, 0.5) is 11.9 Å². The lowest BCUT2D eigenvalue weighted by Gasteiger charge is -2.38. The molecule has 3 rings (SSSR count). The Labute approximate surface area is 116 Å². The first kappa shape index (κ1) is 12.8. The van der Waals surface area contributed by atoms with Crippen LogP contribution in [0.3, 0.4) is 0 Å². The third-order valence-corrected chi connectivity index (χ3v) is 3.70. The summed E-state index contributed by atoms with van der Waals surface area (Å²) in [6, 6.07) is 1.81. The van der Waals surface area contributed by atoms with Crippen LogP contribution in [0.25, 0.3) is 5.95 Å². The minimum atomic E-state index is 0.312. The van der Waals surface area contributed by atoms with Gasteiger partial charge in [0.1, 0.15) is 0 Å². The van der Waals surface area contributed by atoms with Crippen LogP contribution in [0.5, 0.6) is 0 Å². The number of nitrogens with one attached hydrogen (secondary N) is 2. The van der Waals surface area contributed by atoms with Crippen molar-refractivity contribution in [2.75, 3.05) is 17.3 Å². The van der Waals surface area contributed by atoms with E-state index in [4.69, 9.17) is 5.84 Å². The molecule has 0 atom stereocenters. The second-order valence-electron chi connectivity index (χ2n) is 5.40. The van der Waals surface area contributed by atoms with Crippen molar-refractivity contribution < 1.29 is 0 Å². The summed E-state index contributed by atoms with van der Waals surface area (Å²) in [5.74, 6) is 6.65. The minimum absolute atomic E-state index is 0.312. The van der Waals surface area contributed by atoms with Gasteiger partial charge in [0.05, 0.1) is 0 Å². The molecule has 1 aliphatic carbocycles. The van der Waals surface area contributed by atoms with Gasteiger partial charge in [-0.3, -0.25) is 5.43 Å². The maximum absolute atomic E-state index is 5.40. The maximum Gasteiger partial charge on any atom is 0.257 e. The molecule has 8 nitrogen and oxygen atoms in total. The second-order valence-corrected chi connectivity index (χ2v) is 5.40. The quantitative estimate of drug-likeness (QED) is 0.550. The molecule has 106 valence electrons. The Morgan fingerprint density at radius 2 is 2.10 bits per heavy atom. The van der Waals surface area contributed by atoms with E-state index in [1.165, 1.54) is 19.3 Å². The monoisotopic (exact) mass is 274 g/mol. The van der Waals surface area contributed by atoms with Crippen molar-refractivity contribution in [2.24, 2.45) is 11.3 Å². The van der Waals surface area contributed by atoms with Gasteiger partial charge >= 0.3 is 0 Å². The standard InChI is InChI=1S/C12H18N8/c1-12(4-2-5-12)8-14-9-16-10(19-13)18-11(17-9)20-7-3-6-15-20/h3,6-7H,2,4-5,8,13H2,1H3,(H2,14,16,17,18,19). The molecule has 0 spiro atoms. The molecule has 8 heteroatoms. The summed E-state index contributed by atoms with van der Waals surface area (Å²) < 4.78 is 1.57. The van der Waals surface area contributed by atoms with Crippen LogP contribution in [-0.4, -0.2) is 31.3 Å². The van der Waals surface area contributed by atoms with Crippen molar-refractivity contribution in [3.63, 3.8) is 0 Å². The van der Waals surface area contributed by atoms with Crippen molar-refractivity contribution in [3.8, 4) is 5.95 Å². The number of nitrogens with two attached hydrogens (primary N) is 1. The molecule has 4 N–H and O–H groups in total. The number of nitrogen functional groups attached to an aromatic ring is 1. The molecule has 0 radical (unpaired) electrons. The topological polar surface area (TPSA) is 107 Å². The van der Waals surface area contributed by atoms with E-state index < -0.39 is 0 Å². The summed E-state index contributed by atoms with van der Waals surface area (Å²) in [7, 11) is 0. The summed E-state index contributed by atoms with van der Waals surface area (Å²) in [5.41, 5.74) is 2.79.